The van der Waals surface area contributed by atoms with Gasteiger partial charge in [0.1, 0.15) is 0 Å². The van der Waals surface area contributed by atoms with Crippen molar-refractivity contribution in [2.24, 2.45) is 11.7 Å². The Bertz CT molecular complexity index is 557. The number of rotatable bonds is 6. The number of carbonyl (C=O) groups excluding carboxylic acids is 1. The monoisotopic (exact) mass is 349 g/mol. The van der Waals surface area contributed by atoms with E-state index in [0.717, 1.165) is 38.5 Å². The van der Waals surface area contributed by atoms with E-state index in [2.05, 4.69) is 40.3 Å². The lowest BCUT2D eigenvalue weighted by atomic mass is 9.92. The van der Waals surface area contributed by atoms with Crippen LogP contribution in [0.2, 0.25) is 0 Å². The van der Waals surface area contributed by atoms with Crippen LogP contribution in [0.25, 0.3) is 0 Å². The Morgan fingerprint density at radius 2 is 1.96 bits per heavy atom. The highest BCUT2D eigenvalue weighted by Gasteiger charge is 2.29. The normalized spacial score (nSPS) is 32.7. The van der Waals surface area contributed by atoms with Gasteiger partial charge in [-0.25, -0.2) is 4.68 Å². The highest BCUT2D eigenvalue weighted by Crippen LogP contribution is 2.26. The summed E-state index contributed by atoms with van der Waals surface area (Å²) < 4.78 is 1.83. The molecule has 3 rings (SSSR count). The smallest absolute Gasteiger partial charge is 0.273 e. The van der Waals surface area contributed by atoms with Crippen molar-refractivity contribution in [3.63, 3.8) is 0 Å². The van der Waals surface area contributed by atoms with E-state index in [4.69, 9.17) is 5.73 Å². The van der Waals surface area contributed by atoms with Crippen LogP contribution in [0.3, 0.4) is 0 Å². The predicted molar refractivity (Wildman–Crippen MR) is 95.8 cm³/mol. The van der Waals surface area contributed by atoms with E-state index in [1.807, 2.05) is 4.68 Å². The molecule has 2 aliphatic rings. The van der Waals surface area contributed by atoms with Gasteiger partial charge >= 0.3 is 0 Å². The molecule has 8 heteroatoms. The van der Waals surface area contributed by atoms with Crippen LogP contribution in [-0.4, -0.2) is 45.6 Å². The standard InChI is InChI=1S/C17H31N7O/c1-11-15(12(2)21-20-11)4-3-9-19-17(25)16-10-24(23-22-16)14-7-5-13(18)6-8-14/h10-15,20-21H,3-9,18H2,1-2H3,(H,19,25). The number of amides is 1. The van der Waals surface area contributed by atoms with Crippen LogP contribution < -0.4 is 21.9 Å². The maximum atomic E-state index is 12.2. The van der Waals surface area contributed by atoms with Crippen molar-refractivity contribution < 1.29 is 4.79 Å². The minimum absolute atomic E-state index is 0.137. The zero-order valence-electron chi connectivity index (χ0n) is 15.2. The molecule has 1 aromatic rings. The molecule has 1 saturated carbocycles. The van der Waals surface area contributed by atoms with Crippen molar-refractivity contribution in [2.75, 3.05) is 6.54 Å². The Kier molecular flexibility index (Phi) is 6.03. The van der Waals surface area contributed by atoms with Gasteiger partial charge in [-0.15, -0.1) is 5.10 Å². The van der Waals surface area contributed by atoms with Crippen molar-refractivity contribution in [3.8, 4) is 0 Å². The topological polar surface area (TPSA) is 110 Å². The molecular formula is C17H31N7O. The molecule has 8 nitrogen and oxygen atoms in total. The van der Waals surface area contributed by atoms with Gasteiger partial charge in [-0.05, 0) is 58.3 Å². The maximum absolute atomic E-state index is 12.2. The molecule has 1 saturated heterocycles. The number of nitrogens with one attached hydrogen (secondary N) is 3. The molecule has 0 spiro atoms. The van der Waals surface area contributed by atoms with Crippen LogP contribution in [0, 0.1) is 5.92 Å². The largest absolute Gasteiger partial charge is 0.351 e. The van der Waals surface area contributed by atoms with Gasteiger partial charge in [-0.3, -0.25) is 15.6 Å². The summed E-state index contributed by atoms with van der Waals surface area (Å²) in [5.41, 5.74) is 12.9. The third-order valence-electron chi connectivity index (χ3n) is 5.68. The van der Waals surface area contributed by atoms with Crippen molar-refractivity contribution in [2.45, 2.75) is 76.5 Å². The van der Waals surface area contributed by atoms with E-state index in [-0.39, 0.29) is 5.91 Å². The average Bonchev–Trinajstić information content (AvgIpc) is 3.21. The number of nitrogens with zero attached hydrogens (tertiary/aromatic N) is 3. The fourth-order valence-electron chi connectivity index (χ4n) is 3.97. The molecule has 25 heavy (non-hydrogen) atoms. The number of hydrogen-bond donors (Lipinski definition) is 4. The molecule has 140 valence electrons. The summed E-state index contributed by atoms with van der Waals surface area (Å²) in [6, 6.07) is 1.56. The third-order valence-corrected chi connectivity index (χ3v) is 5.68. The van der Waals surface area contributed by atoms with Crippen molar-refractivity contribution in [1.29, 1.82) is 0 Å². The molecule has 1 aromatic heterocycles. The fourth-order valence-corrected chi connectivity index (χ4v) is 3.97. The van der Waals surface area contributed by atoms with E-state index in [1.54, 1.807) is 6.20 Å². The lowest BCUT2D eigenvalue weighted by molar-refractivity contribution is 0.0947. The number of hydrogen-bond acceptors (Lipinski definition) is 6. The van der Waals surface area contributed by atoms with Gasteiger partial charge in [0.25, 0.3) is 5.91 Å². The Hall–Kier alpha value is -1.51. The SMILES string of the molecule is CC1NNC(C)C1CCCNC(=O)c1cn(C2CCC(N)CC2)nn1. The highest BCUT2D eigenvalue weighted by molar-refractivity contribution is 5.91. The Labute approximate surface area is 149 Å². The Balaban J connectivity index is 1.41. The lowest BCUT2D eigenvalue weighted by Gasteiger charge is -2.25. The van der Waals surface area contributed by atoms with Crippen molar-refractivity contribution in [1.82, 2.24) is 31.2 Å². The first-order valence-corrected chi connectivity index (χ1v) is 9.51. The summed E-state index contributed by atoms with van der Waals surface area (Å²) in [5.74, 6) is 0.456. The summed E-state index contributed by atoms with van der Waals surface area (Å²) in [4.78, 5) is 12.2. The first kappa shape index (κ1) is 18.3. The van der Waals surface area contributed by atoms with Gasteiger partial charge in [0.05, 0.1) is 12.2 Å². The molecule has 5 N–H and O–H groups in total. The van der Waals surface area contributed by atoms with E-state index < -0.39 is 0 Å². The third kappa shape index (κ3) is 4.56. The zero-order chi connectivity index (χ0) is 17.8. The molecule has 2 heterocycles. The fraction of sp³-hybridized carbons (Fsp3) is 0.824. The van der Waals surface area contributed by atoms with Gasteiger partial charge in [0, 0.05) is 24.7 Å². The van der Waals surface area contributed by atoms with Gasteiger partial charge in [-0.2, -0.15) is 0 Å². The van der Waals surface area contributed by atoms with Gasteiger partial charge in [-0.1, -0.05) is 5.21 Å². The van der Waals surface area contributed by atoms with Crippen LogP contribution in [0.15, 0.2) is 6.20 Å². The van der Waals surface area contributed by atoms with Gasteiger partial charge in [0.15, 0.2) is 5.69 Å². The summed E-state index contributed by atoms with van der Waals surface area (Å²) in [6.45, 7) is 5.05. The number of carbonyl (C=O) groups is 1. The van der Waals surface area contributed by atoms with Gasteiger partial charge in [0.2, 0.25) is 0 Å². The second-order valence-corrected chi connectivity index (χ2v) is 7.58. The molecule has 1 amide bonds. The summed E-state index contributed by atoms with van der Waals surface area (Å²) in [5, 5.41) is 11.1. The van der Waals surface area contributed by atoms with E-state index in [9.17, 15) is 4.79 Å². The van der Waals surface area contributed by atoms with Crippen LogP contribution in [-0.2, 0) is 0 Å². The Morgan fingerprint density at radius 1 is 1.28 bits per heavy atom. The summed E-state index contributed by atoms with van der Waals surface area (Å²) in [7, 11) is 0. The van der Waals surface area contributed by atoms with Crippen LogP contribution in [0.1, 0.15) is 68.9 Å². The minimum Gasteiger partial charge on any atom is -0.351 e. The van der Waals surface area contributed by atoms with Crippen LogP contribution in [0.5, 0.6) is 0 Å². The molecule has 0 aromatic carbocycles. The minimum atomic E-state index is -0.137. The number of nitrogens with two attached hydrogens (primary N) is 1. The summed E-state index contributed by atoms with van der Waals surface area (Å²) in [6.07, 6.45) is 7.84. The first-order chi connectivity index (χ1) is 12.0. The first-order valence-electron chi connectivity index (χ1n) is 9.51. The molecule has 1 aliphatic carbocycles. The van der Waals surface area contributed by atoms with Crippen LogP contribution >= 0.6 is 0 Å². The molecule has 0 radical (unpaired) electrons. The van der Waals surface area contributed by atoms with E-state index >= 15 is 0 Å². The number of hydrazine groups is 1. The molecule has 2 unspecified atom stereocenters. The molecule has 0 bridgehead atoms. The second kappa shape index (κ2) is 8.25. The molecule has 1 aliphatic heterocycles. The van der Waals surface area contributed by atoms with Crippen molar-refractivity contribution >= 4 is 5.91 Å². The molecular weight excluding hydrogens is 318 g/mol. The predicted octanol–water partition coefficient (Wildman–Crippen LogP) is 0.732. The summed E-state index contributed by atoms with van der Waals surface area (Å²) >= 11 is 0. The van der Waals surface area contributed by atoms with E-state index in [0.29, 0.717) is 42.3 Å². The highest BCUT2D eigenvalue weighted by atomic mass is 16.2. The average molecular weight is 349 g/mol. The maximum Gasteiger partial charge on any atom is 0.273 e. The van der Waals surface area contributed by atoms with E-state index in [1.165, 1.54) is 0 Å². The lowest BCUT2D eigenvalue weighted by Crippen LogP contribution is -2.30. The molecule has 2 fully saturated rings. The second-order valence-electron chi connectivity index (χ2n) is 7.58. The van der Waals surface area contributed by atoms with Gasteiger partial charge < -0.3 is 11.1 Å². The number of aromatic nitrogens is 3. The quantitative estimate of drug-likeness (QED) is 0.564. The van der Waals surface area contributed by atoms with Crippen molar-refractivity contribution in [3.05, 3.63) is 11.9 Å². The zero-order valence-corrected chi connectivity index (χ0v) is 15.2. The Morgan fingerprint density at radius 3 is 2.64 bits per heavy atom. The van der Waals surface area contributed by atoms with Crippen LogP contribution in [0.4, 0.5) is 0 Å². The molecule has 2 atom stereocenters.